The minimum absolute atomic E-state index is 0.0903. The van der Waals surface area contributed by atoms with Crippen molar-refractivity contribution in [3.05, 3.63) is 11.8 Å². The zero-order valence-corrected chi connectivity index (χ0v) is 6.84. The Kier molecular flexibility index (Phi) is 2.62. The Labute approximate surface area is 68.9 Å². The predicted molar refractivity (Wildman–Crippen MR) is 38.2 cm³/mol. The number of methoxy groups -OCH3 is 1. The maximum atomic E-state index is 12.2. The number of nitrogens with zero attached hydrogens (tertiary/aromatic N) is 2. The molecule has 0 saturated carbocycles. The number of rotatable bonds is 3. The number of aromatic nitrogens is 2. The molecule has 0 aromatic carbocycles. The summed E-state index contributed by atoms with van der Waals surface area (Å²) in [6, 6.07) is 0. The molecule has 0 unspecified atom stereocenters. The fraction of sp³-hybridized carbons (Fsp3) is 0.571. The van der Waals surface area contributed by atoms with Gasteiger partial charge in [0.05, 0.1) is 7.11 Å². The summed E-state index contributed by atoms with van der Waals surface area (Å²) in [5.41, 5.74) is -0.278. The lowest BCUT2D eigenvalue weighted by atomic mass is 10.3. The third-order valence-electron chi connectivity index (χ3n) is 1.47. The van der Waals surface area contributed by atoms with Crippen molar-refractivity contribution in [2.75, 3.05) is 7.11 Å². The van der Waals surface area contributed by atoms with E-state index in [0.29, 0.717) is 6.54 Å². The second-order valence-corrected chi connectivity index (χ2v) is 2.15. The van der Waals surface area contributed by atoms with E-state index in [-0.39, 0.29) is 11.4 Å². The molecule has 12 heavy (non-hydrogen) atoms. The minimum Gasteiger partial charge on any atom is -0.481 e. The SMILES string of the molecule is CCn1n[c]c(C(F)F)c1OC. The molecule has 0 spiro atoms. The molecular weight excluding hydrogens is 166 g/mol. The Morgan fingerprint density at radius 1 is 1.67 bits per heavy atom. The molecule has 1 aromatic heterocycles. The van der Waals surface area contributed by atoms with Gasteiger partial charge in [-0.05, 0) is 6.92 Å². The molecule has 0 fully saturated rings. The van der Waals surface area contributed by atoms with Gasteiger partial charge in [-0.1, -0.05) is 0 Å². The average Bonchev–Trinajstić information content (AvgIpc) is 2.46. The number of aryl methyl sites for hydroxylation is 1. The molecule has 1 radical (unpaired) electrons. The van der Waals surface area contributed by atoms with Crippen LogP contribution in [-0.2, 0) is 6.54 Å². The first-order valence-electron chi connectivity index (χ1n) is 3.51. The zero-order valence-electron chi connectivity index (χ0n) is 6.84. The van der Waals surface area contributed by atoms with E-state index in [9.17, 15) is 8.78 Å². The lowest BCUT2D eigenvalue weighted by molar-refractivity contribution is 0.146. The van der Waals surface area contributed by atoms with Gasteiger partial charge >= 0.3 is 0 Å². The summed E-state index contributed by atoms with van der Waals surface area (Å²) in [5.74, 6) is 0.0903. The first kappa shape index (κ1) is 8.96. The Bertz CT molecular complexity index is 260. The molecule has 5 heteroatoms. The van der Waals surface area contributed by atoms with Crippen molar-refractivity contribution in [3.8, 4) is 5.88 Å². The van der Waals surface area contributed by atoms with E-state index < -0.39 is 6.43 Å². The molecule has 0 aliphatic carbocycles. The highest BCUT2D eigenvalue weighted by molar-refractivity contribution is 5.24. The molecule has 67 valence electrons. The number of hydrogen-bond donors (Lipinski definition) is 0. The topological polar surface area (TPSA) is 27.1 Å². The Morgan fingerprint density at radius 3 is 2.75 bits per heavy atom. The summed E-state index contributed by atoms with van der Waals surface area (Å²) >= 11 is 0. The van der Waals surface area contributed by atoms with Gasteiger partial charge in [0, 0.05) is 6.54 Å². The summed E-state index contributed by atoms with van der Waals surface area (Å²) in [6.07, 6.45) is -0.369. The molecule has 0 N–H and O–H groups in total. The molecule has 0 atom stereocenters. The van der Waals surface area contributed by atoms with Gasteiger partial charge in [0.2, 0.25) is 5.88 Å². The van der Waals surface area contributed by atoms with Gasteiger partial charge in [-0.2, -0.15) is 5.10 Å². The number of hydrogen-bond acceptors (Lipinski definition) is 2. The molecule has 0 saturated heterocycles. The molecular formula is C7H9F2N2O. The van der Waals surface area contributed by atoms with Crippen molar-refractivity contribution < 1.29 is 13.5 Å². The summed E-state index contributed by atoms with van der Waals surface area (Å²) in [4.78, 5) is 0. The van der Waals surface area contributed by atoms with E-state index in [2.05, 4.69) is 11.3 Å². The van der Waals surface area contributed by atoms with Crippen molar-refractivity contribution >= 4 is 0 Å². The Balaban J connectivity index is 3.05. The van der Waals surface area contributed by atoms with Crippen molar-refractivity contribution in [2.45, 2.75) is 19.9 Å². The Hall–Kier alpha value is -1.13. The van der Waals surface area contributed by atoms with Crippen LogP contribution in [0.2, 0.25) is 0 Å². The van der Waals surface area contributed by atoms with Crippen LogP contribution in [0.25, 0.3) is 0 Å². The Morgan fingerprint density at radius 2 is 2.33 bits per heavy atom. The van der Waals surface area contributed by atoms with Gasteiger partial charge in [0.1, 0.15) is 11.8 Å². The maximum Gasteiger partial charge on any atom is 0.271 e. The summed E-state index contributed by atoms with van der Waals surface area (Å²) in [5, 5.41) is 3.61. The van der Waals surface area contributed by atoms with Crippen LogP contribution in [0.4, 0.5) is 8.78 Å². The second-order valence-electron chi connectivity index (χ2n) is 2.15. The van der Waals surface area contributed by atoms with Crippen LogP contribution < -0.4 is 4.74 Å². The third-order valence-corrected chi connectivity index (χ3v) is 1.47. The highest BCUT2D eigenvalue weighted by atomic mass is 19.3. The fourth-order valence-corrected chi connectivity index (χ4v) is 0.918. The lowest BCUT2D eigenvalue weighted by Crippen LogP contribution is -2.00. The van der Waals surface area contributed by atoms with Crippen LogP contribution in [0, 0.1) is 6.20 Å². The number of alkyl halides is 2. The van der Waals surface area contributed by atoms with Gasteiger partial charge < -0.3 is 4.74 Å². The van der Waals surface area contributed by atoms with Gasteiger partial charge in [-0.3, -0.25) is 0 Å². The summed E-state index contributed by atoms with van der Waals surface area (Å²) in [6.45, 7) is 2.28. The van der Waals surface area contributed by atoms with Crippen molar-refractivity contribution in [1.82, 2.24) is 9.78 Å². The van der Waals surface area contributed by atoms with Gasteiger partial charge in [-0.15, -0.1) is 0 Å². The van der Waals surface area contributed by atoms with Gasteiger partial charge in [-0.25, -0.2) is 13.5 Å². The van der Waals surface area contributed by atoms with Crippen molar-refractivity contribution in [2.24, 2.45) is 0 Å². The smallest absolute Gasteiger partial charge is 0.271 e. The molecule has 1 heterocycles. The summed E-state index contributed by atoms with van der Waals surface area (Å²) in [7, 11) is 1.34. The minimum atomic E-state index is -2.58. The first-order valence-corrected chi connectivity index (χ1v) is 3.51. The van der Waals surface area contributed by atoms with Crippen LogP contribution in [0.15, 0.2) is 0 Å². The molecule has 1 rings (SSSR count). The van der Waals surface area contributed by atoms with Crippen LogP contribution in [0.1, 0.15) is 18.9 Å². The summed E-state index contributed by atoms with van der Waals surface area (Å²) < 4.78 is 30.5. The third kappa shape index (κ3) is 1.39. The normalized spacial score (nSPS) is 10.8. The number of ether oxygens (including phenoxy) is 1. The second kappa shape index (κ2) is 3.51. The average molecular weight is 175 g/mol. The number of halogens is 2. The van der Waals surface area contributed by atoms with E-state index >= 15 is 0 Å². The molecule has 0 aliphatic heterocycles. The van der Waals surface area contributed by atoms with E-state index in [1.165, 1.54) is 11.8 Å². The van der Waals surface area contributed by atoms with Gasteiger partial charge in [0.15, 0.2) is 0 Å². The van der Waals surface area contributed by atoms with Crippen LogP contribution in [0.3, 0.4) is 0 Å². The predicted octanol–water partition coefficient (Wildman–Crippen LogP) is 1.65. The highest BCUT2D eigenvalue weighted by Gasteiger charge is 2.19. The van der Waals surface area contributed by atoms with E-state index in [4.69, 9.17) is 4.74 Å². The standard InChI is InChI=1S/C7H9F2N2O/c1-3-11-7(12-2)5(4-10-11)6(8)9/h6H,3H2,1-2H3. The van der Waals surface area contributed by atoms with Crippen molar-refractivity contribution in [1.29, 1.82) is 0 Å². The molecule has 0 amide bonds. The largest absolute Gasteiger partial charge is 0.481 e. The van der Waals surface area contributed by atoms with Gasteiger partial charge in [0.25, 0.3) is 6.43 Å². The fourth-order valence-electron chi connectivity index (χ4n) is 0.918. The van der Waals surface area contributed by atoms with E-state index in [0.717, 1.165) is 0 Å². The first-order chi connectivity index (χ1) is 5.70. The van der Waals surface area contributed by atoms with Crippen LogP contribution >= 0.6 is 0 Å². The maximum absolute atomic E-state index is 12.2. The van der Waals surface area contributed by atoms with E-state index in [1.807, 2.05) is 0 Å². The lowest BCUT2D eigenvalue weighted by Gasteiger charge is -2.04. The van der Waals surface area contributed by atoms with E-state index in [1.54, 1.807) is 6.92 Å². The molecule has 1 aromatic rings. The molecule has 0 aliphatic rings. The zero-order chi connectivity index (χ0) is 9.14. The van der Waals surface area contributed by atoms with Crippen LogP contribution in [0.5, 0.6) is 5.88 Å². The molecule has 0 bridgehead atoms. The monoisotopic (exact) mass is 175 g/mol. The molecule has 3 nitrogen and oxygen atoms in total. The van der Waals surface area contributed by atoms with Crippen molar-refractivity contribution in [3.63, 3.8) is 0 Å². The highest BCUT2D eigenvalue weighted by Crippen LogP contribution is 2.27. The van der Waals surface area contributed by atoms with Crippen LogP contribution in [-0.4, -0.2) is 16.9 Å². The quantitative estimate of drug-likeness (QED) is 0.698.